The van der Waals surface area contributed by atoms with E-state index in [-0.39, 0.29) is 16.7 Å². The van der Waals surface area contributed by atoms with Crippen LogP contribution in [0.2, 0.25) is 0 Å². The molecule has 4 rings (SSSR count). The third kappa shape index (κ3) is 5.39. The second-order valence-corrected chi connectivity index (χ2v) is 10.0. The zero-order chi connectivity index (χ0) is 23.2. The first-order valence-electron chi connectivity index (χ1n) is 11.0. The molecular weight excluding hydrogens is 427 g/mol. The molecule has 165 valence electrons. The van der Waals surface area contributed by atoms with Crippen LogP contribution in [0.4, 0.5) is 5.69 Å². The second kappa shape index (κ2) is 10.9. The number of aliphatic imine (C=N–C) groups is 1. The number of nitro groups is 1. The van der Waals surface area contributed by atoms with Gasteiger partial charge in [0.1, 0.15) is 0 Å². The summed E-state index contributed by atoms with van der Waals surface area (Å²) in [7, 11) is -0.720. The molecule has 4 nitrogen and oxygen atoms in total. The number of benzene rings is 3. The Labute approximate surface area is 197 Å². The Morgan fingerprint density at radius 2 is 1.58 bits per heavy atom. The minimum Gasteiger partial charge on any atom is -0.285 e. The fraction of sp³-hybridized carbons (Fsp3) is 0.143. The first-order chi connectivity index (χ1) is 16.1. The fourth-order valence-corrected chi connectivity index (χ4v) is 6.54. The molecule has 0 heterocycles. The lowest BCUT2D eigenvalue weighted by atomic mass is 9.95. The van der Waals surface area contributed by atoms with Crippen molar-refractivity contribution in [1.29, 1.82) is 0 Å². The summed E-state index contributed by atoms with van der Waals surface area (Å²) < 4.78 is 0. The molecule has 3 aromatic carbocycles. The highest BCUT2D eigenvalue weighted by atomic mass is 31.1. The van der Waals surface area contributed by atoms with Crippen LogP contribution in [0, 0.1) is 41.0 Å². The summed E-state index contributed by atoms with van der Waals surface area (Å²) in [5.74, 6) is 1.22. The van der Waals surface area contributed by atoms with Crippen LogP contribution in [0.1, 0.15) is 25.8 Å². The smallest absolute Gasteiger partial charge is 0.270 e. The first kappa shape index (κ1) is 23.3. The normalized spacial score (nSPS) is 16.3. The first-order valence-corrected chi connectivity index (χ1v) is 12.4. The standard InChI is InChI=1S/C28H26N2O2P/c1-3-27(29-21(2)22-12-10-13-23(20-22)30(31)32)26-18-11-19-28(26)33(24-14-6-4-7-15-24)25-16-8-5-9-17-25/h4-20,27H,3H2,1-2H3/t27-/m1/s1. The van der Waals surface area contributed by atoms with Crippen LogP contribution in [0.5, 0.6) is 0 Å². The lowest BCUT2D eigenvalue weighted by Crippen LogP contribution is -2.25. The Balaban J connectivity index is 1.67. The molecule has 0 amide bonds. The van der Waals surface area contributed by atoms with Gasteiger partial charge in [-0.05, 0) is 51.1 Å². The van der Waals surface area contributed by atoms with E-state index in [1.807, 2.05) is 13.0 Å². The number of hydrogen-bond donors (Lipinski definition) is 0. The van der Waals surface area contributed by atoms with E-state index in [0.717, 1.165) is 17.7 Å². The third-order valence-corrected chi connectivity index (χ3v) is 8.18. The van der Waals surface area contributed by atoms with Crippen LogP contribution in [-0.4, -0.2) is 16.7 Å². The quantitative estimate of drug-likeness (QED) is 0.180. The molecule has 5 radical (unpaired) electrons. The van der Waals surface area contributed by atoms with Gasteiger partial charge >= 0.3 is 0 Å². The minimum atomic E-state index is -0.720. The molecule has 1 saturated carbocycles. The maximum absolute atomic E-state index is 11.2. The number of nitro benzene ring substituents is 1. The Hall–Kier alpha value is -2.84. The Morgan fingerprint density at radius 1 is 0.939 bits per heavy atom. The second-order valence-electron chi connectivity index (χ2n) is 7.82. The topological polar surface area (TPSA) is 55.5 Å². The van der Waals surface area contributed by atoms with Gasteiger partial charge in [0, 0.05) is 35.0 Å². The summed E-state index contributed by atoms with van der Waals surface area (Å²) in [6.45, 7) is 4.07. The maximum atomic E-state index is 11.2. The monoisotopic (exact) mass is 453 g/mol. The van der Waals surface area contributed by atoms with E-state index >= 15 is 0 Å². The van der Waals surface area contributed by atoms with Crippen molar-refractivity contribution in [2.24, 2.45) is 4.99 Å². The van der Waals surface area contributed by atoms with Crippen molar-refractivity contribution in [2.45, 2.75) is 26.3 Å². The zero-order valence-corrected chi connectivity index (χ0v) is 19.7. The maximum Gasteiger partial charge on any atom is 0.270 e. The number of hydrogen-bond acceptors (Lipinski definition) is 3. The highest BCUT2D eigenvalue weighted by molar-refractivity contribution is 7.76. The van der Waals surface area contributed by atoms with Gasteiger partial charge in [-0.3, -0.25) is 15.1 Å². The molecule has 0 bridgehead atoms. The predicted molar refractivity (Wildman–Crippen MR) is 138 cm³/mol. The molecule has 0 spiro atoms. The van der Waals surface area contributed by atoms with Crippen molar-refractivity contribution in [1.82, 2.24) is 0 Å². The fourth-order valence-electron chi connectivity index (χ4n) is 4.02. The summed E-state index contributed by atoms with van der Waals surface area (Å²) in [5.41, 5.74) is 2.98. The highest BCUT2D eigenvalue weighted by Crippen LogP contribution is 2.57. The van der Waals surface area contributed by atoms with Gasteiger partial charge in [-0.1, -0.05) is 79.7 Å². The molecule has 0 aliphatic heterocycles. The zero-order valence-electron chi connectivity index (χ0n) is 18.8. The van der Waals surface area contributed by atoms with E-state index in [0.29, 0.717) is 0 Å². The Bertz CT molecular complexity index is 1060. The molecule has 3 aromatic rings. The van der Waals surface area contributed by atoms with Gasteiger partial charge in [-0.2, -0.15) is 0 Å². The van der Waals surface area contributed by atoms with Crippen molar-refractivity contribution in [3.05, 3.63) is 131 Å². The molecule has 33 heavy (non-hydrogen) atoms. The van der Waals surface area contributed by atoms with Crippen LogP contribution in [0.3, 0.4) is 0 Å². The minimum absolute atomic E-state index is 0.0216. The summed E-state index contributed by atoms with van der Waals surface area (Å²) >= 11 is 0. The Kier molecular flexibility index (Phi) is 7.67. The van der Waals surface area contributed by atoms with Crippen LogP contribution in [0.25, 0.3) is 0 Å². The van der Waals surface area contributed by atoms with E-state index < -0.39 is 7.92 Å². The predicted octanol–water partition coefficient (Wildman–Crippen LogP) is 6.05. The molecule has 0 aromatic heterocycles. The highest BCUT2D eigenvalue weighted by Gasteiger charge is 2.40. The van der Waals surface area contributed by atoms with E-state index in [2.05, 4.69) is 86.8 Å². The number of nitrogens with zero attached hydrogens (tertiary/aromatic N) is 2. The number of non-ortho nitro benzene ring substituents is 1. The van der Waals surface area contributed by atoms with Crippen LogP contribution in [0.15, 0.2) is 89.9 Å². The third-order valence-electron chi connectivity index (χ3n) is 5.67. The lowest BCUT2D eigenvalue weighted by molar-refractivity contribution is -0.384. The largest absolute Gasteiger partial charge is 0.285 e. The number of rotatable bonds is 8. The summed E-state index contributed by atoms with van der Waals surface area (Å²) in [6.07, 6.45) is 7.36. The molecule has 0 unspecified atom stereocenters. The Morgan fingerprint density at radius 3 is 2.15 bits per heavy atom. The average Bonchev–Trinajstić information content (AvgIpc) is 3.33. The van der Waals surface area contributed by atoms with Gasteiger partial charge in [0.2, 0.25) is 0 Å². The summed E-state index contributed by atoms with van der Waals surface area (Å²) in [5, 5.41) is 13.8. The lowest BCUT2D eigenvalue weighted by Gasteiger charge is -2.32. The van der Waals surface area contributed by atoms with Gasteiger partial charge in [-0.15, -0.1) is 0 Å². The average molecular weight is 454 g/mol. The van der Waals surface area contributed by atoms with Crippen molar-refractivity contribution in [3.63, 3.8) is 0 Å². The summed E-state index contributed by atoms with van der Waals surface area (Å²) in [4.78, 5) is 15.9. The molecule has 1 aliphatic carbocycles. The summed E-state index contributed by atoms with van der Waals surface area (Å²) in [6, 6.07) is 28.0. The van der Waals surface area contributed by atoms with Crippen molar-refractivity contribution < 1.29 is 4.92 Å². The van der Waals surface area contributed by atoms with Crippen molar-refractivity contribution >= 4 is 29.9 Å². The van der Waals surface area contributed by atoms with E-state index in [4.69, 9.17) is 4.99 Å². The molecule has 0 saturated heterocycles. The molecule has 1 atom stereocenters. The van der Waals surface area contributed by atoms with Gasteiger partial charge in [-0.25, -0.2) is 0 Å². The van der Waals surface area contributed by atoms with E-state index in [9.17, 15) is 10.1 Å². The van der Waals surface area contributed by atoms with Crippen molar-refractivity contribution in [2.75, 3.05) is 0 Å². The SMILES string of the molecule is CC[C@@H](N=C(C)c1cccc([N+](=O)[O-])c1)[C]1[CH][CH][CH][C]1P(c1ccccc1)c1ccccc1. The molecular formula is C28H26N2O2P. The van der Waals surface area contributed by atoms with Crippen LogP contribution < -0.4 is 10.6 Å². The van der Waals surface area contributed by atoms with Gasteiger partial charge in [0.05, 0.1) is 11.0 Å². The molecule has 0 N–H and O–H groups in total. The molecule has 5 heteroatoms. The van der Waals surface area contributed by atoms with E-state index in [1.54, 1.807) is 12.1 Å². The molecule has 1 aliphatic rings. The van der Waals surface area contributed by atoms with Crippen LogP contribution >= 0.6 is 7.92 Å². The van der Waals surface area contributed by atoms with E-state index in [1.165, 1.54) is 28.3 Å². The van der Waals surface area contributed by atoms with Crippen LogP contribution in [-0.2, 0) is 0 Å². The van der Waals surface area contributed by atoms with Gasteiger partial charge in [0.25, 0.3) is 5.69 Å². The van der Waals surface area contributed by atoms with Gasteiger partial charge < -0.3 is 0 Å². The molecule has 1 fully saturated rings. The van der Waals surface area contributed by atoms with Crippen molar-refractivity contribution in [3.8, 4) is 0 Å². The van der Waals surface area contributed by atoms with Gasteiger partial charge in [0.15, 0.2) is 0 Å².